The molecule has 0 aromatic carbocycles. The van der Waals surface area contributed by atoms with Crippen molar-refractivity contribution in [1.29, 1.82) is 0 Å². The predicted molar refractivity (Wildman–Crippen MR) is 305 cm³/mol. The molecular formula is C61H116N2O7P+. The topological polar surface area (TPSA) is 111 Å². The molecule has 9 nitrogen and oxygen atoms in total. The second-order valence-corrected chi connectivity index (χ2v) is 23.0. The molecule has 0 saturated carbocycles. The third kappa shape index (κ3) is 52.6. The van der Waals surface area contributed by atoms with Gasteiger partial charge in [-0.1, -0.05) is 230 Å². The summed E-state index contributed by atoms with van der Waals surface area (Å²) in [6.45, 7) is 6.98. The van der Waals surface area contributed by atoms with E-state index in [1.165, 1.54) is 167 Å². The van der Waals surface area contributed by atoms with E-state index in [1.807, 2.05) is 33.3 Å². The fourth-order valence-corrected chi connectivity index (χ4v) is 9.31. The van der Waals surface area contributed by atoms with E-state index >= 15 is 0 Å². The molecule has 0 fully saturated rings. The lowest BCUT2D eigenvalue weighted by atomic mass is 10.0. The lowest BCUT2D eigenvalue weighted by Gasteiger charge is -2.27. The Morgan fingerprint density at radius 2 is 0.859 bits per heavy atom. The summed E-state index contributed by atoms with van der Waals surface area (Å²) in [6.07, 6.45) is 62.4. The Balaban J connectivity index is 5.26. The van der Waals surface area contributed by atoms with Crippen molar-refractivity contribution in [1.82, 2.24) is 5.32 Å². The third-order valence-electron chi connectivity index (χ3n) is 13.3. The van der Waals surface area contributed by atoms with Crippen LogP contribution in [0.5, 0.6) is 0 Å². The molecule has 3 atom stereocenters. The molecule has 0 aliphatic carbocycles. The molecule has 0 spiro atoms. The van der Waals surface area contributed by atoms with Crippen LogP contribution in [0, 0.1) is 0 Å². The minimum absolute atomic E-state index is 0.0376. The lowest BCUT2D eigenvalue weighted by Crippen LogP contribution is -2.47. The zero-order valence-electron chi connectivity index (χ0n) is 47.5. The number of hydrogen-bond donors (Lipinski definition) is 2. The van der Waals surface area contributed by atoms with Gasteiger partial charge >= 0.3 is 13.8 Å². The quantitative estimate of drug-likeness (QED) is 0.0156. The molecule has 71 heavy (non-hydrogen) atoms. The van der Waals surface area contributed by atoms with Gasteiger partial charge in [-0.05, 0) is 83.1 Å². The number of nitrogens with one attached hydrogen (secondary N) is 1. The molecule has 3 unspecified atom stereocenters. The van der Waals surface area contributed by atoms with Crippen LogP contribution in [0.25, 0.3) is 0 Å². The first kappa shape index (κ1) is 69.0. The maximum atomic E-state index is 13.5. The number of amides is 1. The van der Waals surface area contributed by atoms with Crippen molar-refractivity contribution in [2.45, 2.75) is 290 Å². The summed E-state index contributed by atoms with van der Waals surface area (Å²) in [5, 5.41) is 3.04. The first-order valence-corrected chi connectivity index (χ1v) is 31.5. The number of hydrogen-bond acceptors (Lipinski definition) is 6. The summed E-state index contributed by atoms with van der Waals surface area (Å²) in [7, 11) is 1.49. The summed E-state index contributed by atoms with van der Waals surface area (Å²) < 4.78 is 30.6. The Morgan fingerprint density at radius 3 is 1.31 bits per heavy atom. The zero-order valence-corrected chi connectivity index (χ0v) is 48.4. The maximum absolute atomic E-state index is 13.5. The van der Waals surface area contributed by atoms with Gasteiger partial charge in [-0.3, -0.25) is 18.6 Å². The molecule has 2 N–H and O–H groups in total. The number of likely N-dealkylation sites (N-methyl/N-ethyl adjacent to an activating group) is 1. The Morgan fingerprint density at radius 1 is 0.493 bits per heavy atom. The van der Waals surface area contributed by atoms with E-state index in [0.29, 0.717) is 17.4 Å². The molecule has 0 rings (SSSR count). The normalized spacial score (nSPS) is 14.1. The molecule has 1 amide bonds. The number of esters is 1. The summed E-state index contributed by atoms with van der Waals surface area (Å²) in [5.41, 5.74) is 0. The van der Waals surface area contributed by atoms with Crippen LogP contribution in [-0.2, 0) is 27.9 Å². The minimum Gasteiger partial charge on any atom is -0.456 e. The molecule has 416 valence electrons. The van der Waals surface area contributed by atoms with Gasteiger partial charge in [-0.2, -0.15) is 0 Å². The second-order valence-electron chi connectivity index (χ2n) is 21.5. The molecule has 0 saturated heterocycles. The molecule has 0 aromatic heterocycles. The lowest BCUT2D eigenvalue weighted by molar-refractivity contribution is -0.870. The number of ether oxygens (including phenoxy) is 1. The van der Waals surface area contributed by atoms with E-state index in [0.717, 1.165) is 77.0 Å². The number of carbonyl (C=O) groups excluding carboxylic acids is 2. The standard InChI is InChI=1S/C61H115N2O7P/c1-7-10-13-16-19-22-25-27-29-30-31-32-34-36-39-42-45-48-51-54-61(65)70-59(52-49-46-43-40-37-24-21-18-15-12-9-3)58(57-69-71(66,67)68-56-55-63(4,5)6)62-60(64)53-50-47-44-41-38-35-33-28-26-23-20-17-14-11-8-2/h20,23,26-29,49,52,58-59H,7-19,21-22,24-25,30-48,50-51,53-57H2,1-6H3,(H-,62,64,66,67)/p+1/b23-20+,28-26+,29-27+,52-49+. The van der Waals surface area contributed by atoms with Crippen LogP contribution in [-0.4, -0.2) is 74.3 Å². The largest absolute Gasteiger partial charge is 0.472 e. The average molecular weight is 1020 g/mol. The third-order valence-corrected chi connectivity index (χ3v) is 14.3. The predicted octanol–water partition coefficient (Wildman–Crippen LogP) is 18.1. The van der Waals surface area contributed by atoms with Crippen LogP contribution < -0.4 is 5.32 Å². The van der Waals surface area contributed by atoms with E-state index in [9.17, 15) is 19.0 Å². The minimum atomic E-state index is -4.45. The number of allylic oxidation sites excluding steroid dienone is 7. The number of quaternary nitrogens is 1. The fourth-order valence-electron chi connectivity index (χ4n) is 8.57. The number of unbranched alkanes of at least 4 members (excludes halogenated alkanes) is 33. The number of phosphoric acid groups is 1. The van der Waals surface area contributed by atoms with Gasteiger partial charge in [0.1, 0.15) is 19.3 Å². The summed E-state index contributed by atoms with van der Waals surface area (Å²) in [5.74, 6) is -0.516. The highest BCUT2D eigenvalue weighted by Gasteiger charge is 2.30. The van der Waals surface area contributed by atoms with Crippen molar-refractivity contribution in [3.05, 3.63) is 48.6 Å². The first-order chi connectivity index (χ1) is 34.4. The highest BCUT2D eigenvalue weighted by Crippen LogP contribution is 2.43. The van der Waals surface area contributed by atoms with Gasteiger partial charge in [0.15, 0.2) is 0 Å². The average Bonchev–Trinajstić information content (AvgIpc) is 3.33. The van der Waals surface area contributed by atoms with Gasteiger partial charge in [0.05, 0.1) is 33.8 Å². The molecule has 0 heterocycles. The van der Waals surface area contributed by atoms with Crippen LogP contribution >= 0.6 is 7.82 Å². The Kier molecular flexibility index (Phi) is 50.0. The number of phosphoric ester groups is 1. The number of rotatable bonds is 54. The second kappa shape index (κ2) is 51.5. The molecule has 0 aliphatic heterocycles. The van der Waals surface area contributed by atoms with Crippen LogP contribution in [0.3, 0.4) is 0 Å². The van der Waals surface area contributed by atoms with Crippen molar-refractivity contribution in [3.8, 4) is 0 Å². The van der Waals surface area contributed by atoms with Crippen molar-refractivity contribution in [2.24, 2.45) is 0 Å². The molecule has 0 radical (unpaired) electrons. The number of carbonyl (C=O) groups is 2. The van der Waals surface area contributed by atoms with Gasteiger partial charge in [-0.15, -0.1) is 0 Å². The molecule has 0 aliphatic rings. The number of nitrogens with zero attached hydrogens (tertiary/aromatic N) is 1. The molecule has 10 heteroatoms. The van der Waals surface area contributed by atoms with Gasteiger partial charge in [0.25, 0.3) is 0 Å². The van der Waals surface area contributed by atoms with Crippen LogP contribution in [0.4, 0.5) is 0 Å². The van der Waals surface area contributed by atoms with Gasteiger partial charge < -0.3 is 19.4 Å². The summed E-state index contributed by atoms with van der Waals surface area (Å²) in [6, 6.07) is -0.853. The van der Waals surface area contributed by atoms with Crippen LogP contribution in [0.1, 0.15) is 278 Å². The van der Waals surface area contributed by atoms with Gasteiger partial charge in [0, 0.05) is 12.8 Å². The van der Waals surface area contributed by atoms with Gasteiger partial charge in [0.2, 0.25) is 5.91 Å². The summed E-state index contributed by atoms with van der Waals surface area (Å²) in [4.78, 5) is 37.6. The monoisotopic (exact) mass is 1020 g/mol. The van der Waals surface area contributed by atoms with Crippen molar-refractivity contribution >= 4 is 19.7 Å². The Labute approximate surface area is 439 Å². The molecule has 0 bridgehead atoms. The van der Waals surface area contributed by atoms with Crippen molar-refractivity contribution < 1.29 is 37.3 Å². The molecule has 0 aromatic rings. The molecular weight excluding hydrogens is 904 g/mol. The fraction of sp³-hybridized carbons (Fsp3) is 0.836. The summed E-state index contributed by atoms with van der Waals surface area (Å²) >= 11 is 0. The smallest absolute Gasteiger partial charge is 0.456 e. The van der Waals surface area contributed by atoms with E-state index in [-0.39, 0.29) is 31.5 Å². The Hall–Kier alpha value is -2.03. The van der Waals surface area contributed by atoms with Crippen molar-refractivity contribution in [3.63, 3.8) is 0 Å². The highest BCUT2D eigenvalue weighted by atomic mass is 31.2. The van der Waals surface area contributed by atoms with E-state index < -0.39 is 20.0 Å². The first-order valence-electron chi connectivity index (χ1n) is 30.0. The van der Waals surface area contributed by atoms with Gasteiger partial charge in [-0.25, -0.2) is 4.57 Å². The zero-order chi connectivity index (χ0) is 52.2. The maximum Gasteiger partial charge on any atom is 0.472 e. The van der Waals surface area contributed by atoms with E-state index in [1.54, 1.807) is 0 Å². The highest BCUT2D eigenvalue weighted by molar-refractivity contribution is 7.47. The van der Waals surface area contributed by atoms with E-state index in [4.69, 9.17) is 13.8 Å². The van der Waals surface area contributed by atoms with Crippen molar-refractivity contribution in [2.75, 3.05) is 40.9 Å². The SMILES string of the molecule is CCCCC/C=C/C=C/CCCCCCCCC(=O)NC(COP(=O)(O)OCC[N+](C)(C)C)C(/C=C/CCCCCCCCCCC)OC(=O)CCCCCCCCCCC/C=C/CCCCCCCC. The van der Waals surface area contributed by atoms with E-state index in [2.05, 4.69) is 62.5 Å². The van der Waals surface area contributed by atoms with Crippen LogP contribution in [0.15, 0.2) is 48.6 Å². The van der Waals surface area contributed by atoms with Crippen LogP contribution in [0.2, 0.25) is 0 Å². The Bertz CT molecular complexity index is 1360.